The minimum atomic E-state index is -0.158. The fraction of sp³-hybridized carbons (Fsp3) is 0.462. The number of methoxy groups -OCH3 is 1. The molecule has 0 saturated carbocycles. The lowest BCUT2D eigenvalue weighted by atomic mass is 10.1. The van der Waals surface area contributed by atoms with Gasteiger partial charge in [0, 0.05) is 24.6 Å². The van der Waals surface area contributed by atoms with Gasteiger partial charge in [0.2, 0.25) is 5.91 Å². The summed E-state index contributed by atoms with van der Waals surface area (Å²) in [4.78, 5) is 13.3. The Morgan fingerprint density at radius 2 is 2.17 bits per heavy atom. The molecule has 0 bridgehead atoms. The van der Waals surface area contributed by atoms with Gasteiger partial charge in [-0.3, -0.25) is 15.1 Å². The van der Waals surface area contributed by atoms with Crippen molar-refractivity contribution in [1.29, 1.82) is 0 Å². The summed E-state index contributed by atoms with van der Waals surface area (Å²) >= 11 is 0. The van der Waals surface area contributed by atoms with Crippen molar-refractivity contribution in [3.05, 3.63) is 29.8 Å². The fourth-order valence-corrected chi connectivity index (χ4v) is 1.74. The Balaban J connectivity index is 2.63. The topological polar surface area (TPSA) is 67.6 Å². The molecule has 1 rings (SSSR count). The van der Waals surface area contributed by atoms with Gasteiger partial charge in [0.05, 0.1) is 7.11 Å². The van der Waals surface area contributed by atoms with Gasteiger partial charge in [-0.15, -0.1) is 0 Å². The number of para-hydroxylation sites is 1. The summed E-state index contributed by atoms with van der Waals surface area (Å²) in [6, 6.07) is 7.97. The lowest BCUT2D eigenvalue weighted by Gasteiger charge is -2.24. The number of hydrogen-bond donors (Lipinski definition) is 2. The summed E-state index contributed by atoms with van der Waals surface area (Å²) in [7, 11) is 3.63. The van der Waals surface area contributed by atoms with E-state index >= 15 is 0 Å². The van der Waals surface area contributed by atoms with Crippen molar-refractivity contribution < 1.29 is 9.53 Å². The van der Waals surface area contributed by atoms with Crippen LogP contribution in [0.5, 0.6) is 5.75 Å². The molecule has 0 aliphatic rings. The number of amides is 1. The van der Waals surface area contributed by atoms with Gasteiger partial charge < -0.3 is 4.74 Å². The van der Waals surface area contributed by atoms with Crippen LogP contribution in [0.25, 0.3) is 0 Å². The van der Waals surface area contributed by atoms with Crippen molar-refractivity contribution in [2.75, 3.05) is 14.2 Å². The van der Waals surface area contributed by atoms with Crippen LogP contribution in [-0.4, -0.2) is 31.0 Å². The van der Waals surface area contributed by atoms with Crippen LogP contribution >= 0.6 is 0 Å². The molecule has 3 N–H and O–H groups in total. The molecule has 5 heteroatoms. The molecule has 1 aromatic carbocycles. The van der Waals surface area contributed by atoms with Crippen LogP contribution in [0.1, 0.15) is 18.9 Å². The average Bonchev–Trinajstić information content (AvgIpc) is 2.39. The molecule has 0 heterocycles. The quantitative estimate of drug-likeness (QED) is 0.448. The Labute approximate surface area is 108 Å². The van der Waals surface area contributed by atoms with Crippen LogP contribution in [0.3, 0.4) is 0 Å². The van der Waals surface area contributed by atoms with E-state index < -0.39 is 0 Å². The van der Waals surface area contributed by atoms with E-state index in [1.165, 1.54) is 0 Å². The van der Waals surface area contributed by atoms with Crippen LogP contribution in [0.2, 0.25) is 0 Å². The summed E-state index contributed by atoms with van der Waals surface area (Å²) in [6.45, 7) is 2.72. The first kappa shape index (κ1) is 14.5. The van der Waals surface area contributed by atoms with Crippen molar-refractivity contribution in [2.24, 2.45) is 5.84 Å². The molecule has 0 aliphatic heterocycles. The number of benzene rings is 1. The maximum atomic E-state index is 11.2. The number of hydrazine groups is 1. The Hall–Kier alpha value is -1.59. The molecular weight excluding hydrogens is 230 g/mol. The Bertz CT molecular complexity index is 396. The molecule has 1 amide bonds. The zero-order chi connectivity index (χ0) is 13.5. The van der Waals surface area contributed by atoms with E-state index in [1.807, 2.05) is 38.2 Å². The van der Waals surface area contributed by atoms with E-state index in [4.69, 9.17) is 10.6 Å². The molecule has 5 nitrogen and oxygen atoms in total. The first-order valence-electron chi connectivity index (χ1n) is 5.90. The summed E-state index contributed by atoms with van der Waals surface area (Å²) in [5.74, 6) is 5.78. The number of carbonyl (C=O) groups excluding carboxylic acids is 1. The van der Waals surface area contributed by atoms with Crippen LogP contribution < -0.4 is 16.0 Å². The van der Waals surface area contributed by atoms with E-state index in [2.05, 4.69) is 10.3 Å². The van der Waals surface area contributed by atoms with E-state index in [0.29, 0.717) is 6.42 Å². The molecule has 0 aromatic heterocycles. The number of rotatable bonds is 6. The SMILES string of the molecule is COc1ccccc1CN(C)C(C)CC(=O)NN. The second-order valence-electron chi connectivity index (χ2n) is 4.35. The highest BCUT2D eigenvalue weighted by Gasteiger charge is 2.14. The van der Waals surface area contributed by atoms with Gasteiger partial charge in [-0.2, -0.15) is 0 Å². The minimum absolute atomic E-state index is 0.110. The third-order valence-electron chi connectivity index (χ3n) is 3.01. The lowest BCUT2D eigenvalue weighted by Crippen LogP contribution is -2.37. The normalized spacial score (nSPS) is 12.3. The second kappa shape index (κ2) is 6.98. The van der Waals surface area contributed by atoms with Gasteiger partial charge in [-0.25, -0.2) is 5.84 Å². The van der Waals surface area contributed by atoms with Crippen molar-refractivity contribution in [3.8, 4) is 5.75 Å². The summed E-state index contributed by atoms with van der Waals surface area (Å²) in [6.07, 6.45) is 0.377. The summed E-state index contributed by atoms with van der Waals surface area (Å²) in [5, 5.41) is 0. The maximum absolute atomic E-state index is 11.2. The van der Waals surface area contributed by atoms with Crippen LogP contribution in [0.15, 0.2) is 24.3 Å². The second-order valence-corrected chi connectivity index (χ2v) is 4.35. The maximum Gasteiger partial charge on any atom is 0.235 e. The van der Waals surface area contributed by atoms with E-state index in [-0.39, 0.29) is 11.9 Å². The standard InChI is InChI=1S/C13H21N3O2/c1-10(8-13(17)15-14)16(2)9-11-6-4-5-7-12(11)18-3/h4-7,10H,8-9,14H2,1-3H3,(H,15,17). The molecular formula is C13H21N3O2. The number of ether oxygens (including phenoxy) is 1. The number of nitrogens with one attached hydrogen (secondary N) is 1. The van der Waals surface area contributed by atoms with Gasteiger partial charge in [0.15, 0.2) is 0 Å². The number of nitrogens with two attached hydrogens (primary N) is 1. The first-order valence-corrected chi connectivity index (χ1v) is 5.90. The largest absolute Gasteiger partial charge is 0.496 e. The molecule has 1 unspecified atom stereocenters. The molecule has 0 radical (unpaired) electrons. The lowest BCUT2D eigenvalue weighted by molar-refractivity contribution is -0.122. The molecule has 100 valence electrons. The van der Waals surface area contributed by atoms with E-state index in [0.717, 1.165) is 17.9 Å². The molecule has 0 saturated heterocycles. The highest BCUT2D eigenvalue weighted by molar-refractivity contribution is 5.75. The molecule has 0 aliphatic carbocycles. The van der Waals surface area contributed by atoms with E-state index in [1.54, 1.807) is 7.11 Å². The first-order chi connectivity index (χ1) is 8.58. The molecule has 1 atom stereocenters. The third kappa shape index (κ3) is 4.01. The van der Waals surface area contributed by atoms with Crippen molar-refractivity contribution in [1.82, 2.24) is 10.3 Å². The number of hydrogen-bond acceptors (Lipinski definition) is 4. The zero-order valence-electron chi connectivity index (χ0n) is 11.1. The fourth-order valence-electron chi connectivity index (χ4n) is 1.74. The Morgan fingerprint density at radius 1 is 1.50 bits per heavy atom. The molecule has 0 spiro atoms. The molecule has 1 aromatic rings. The van der Waals surface area contributed by atoms with Gasteiger partial charge in [-0.1, -0.05) is 18.2 Å². The van der Waals surface area contributed by atoms with Crippen molar-refractivity contribution in [3.63, 3.8) is 0 Å². The molecule has 0 fully saturated rings. The van der Waals surface area contributed by atoms with Crippen LogP contribution in [-0.2, 0) is 11.3 Å². The monoisotopic (exact) mass is 251 g/mol. The van der Waals surface area contributed by atoms with Crippen molar-refractivity contribution in [2.45, 2.75) is 25.9 Å². The third-order valence-corrected chi connectivity index (χ3v) is 3.01. The van der Waals surface area contributed by atoms with Gasteiger partial charge in [-0.05, 0) is 20.0 Å². The summed E-state index contributed by atoms with van der Waals surface area (Å²) < 4.78 is 5.30. The van der Waals surface area contributed by atoms with E-state index in [9.17, 15) is 4.79 Å². The average molecular weight is 251 g/mol. The predicted molar refractivity (Wildman–Crippen MR) is 70.9 cm³/mol. The predicted octanol–water partition coefficient (Wildman–Crippen LogP) is 0.895. The van der Waals surface area contributed by atoms with Crippen LogP contribution in [0.4, 0.5) is 0 Å². The van der Waals surface area contributed by atoms with Gasteiger partial charge >= 0.3 is 0 Å². The molecule has 18 heavy (non-hydrogen) atoms. The Morgan fingerprint density at radius 3 is 2.78 bits per heavy atom. The smallest absolute Gasteiger partial charge is 0.235 e. The van der Waals surface area contributed by atoms with Crippen LogP contribution in [0, 0.1) is 0 Å². The highest BCUT2D eigenvalue weighted by atomic mass is 16.5. The Kier molecular flexibility index (Phi) is 5.61. The van der Waals surface area contributed by atoms with Gasteiger partial charge in [0.25, 0.3) is 0 Å². The number of carbonyl (C=O) groups is 1. The zero-order valence-corrected chi connectivity index (χ0v) is 11.1. The minimum Gasteiger partial charge on any atom is -0.496 e. The highest BCUT2D eigenvalue weighted by Crippen LogP contribution is 2.19. The van der Waals surface area contributed by atoms with Gasteiger partial charge in [0.1, 0.15) is 5.75 Å². The number of nitrogens with zero attached hydrogens (tertiary/aromatic N) is 1. The van der Waals surface area contributed by atoms with Crippen molar-refractivity contribution >= 4 is 5.91 Å². The summed E-state index contributed by atoms with van der Waals surface area (Å²) in [5.41, 5.74) is 3.25.